The standard InChI is InChI=1S/C16H23ClN2/c1-19-7-6-12(11-19)10-18-16-8-14(9-16)13-2-4-15(17)5-3-13/h2-5,12,14,16,18H,6-11H2,1H3. The highest BCUT2D eigenvalue weighted by molar-refractivity contribution is 6.30. The van der Waals surface area contributed by atoms with Crippen molar-refractivity contribution in [1.82, 2.24) is 10.2 Å². The number of benzene rings is 1. The van der Waals surface area contributed by atoms with Gasteiger partial charge in [-0.25, -0.2) is 0 Å². The molecule has 1 N–H and O–H groups in total. The molecule has 1 aliphatic heterocycles. The predicted molar refractivity (Wildman–Crippen MR) is 80.8 cm³/mol. The van der Waals surface area contributed by atoms with E-state index >= 15 is 0 Å². The van der Waals surface area contributed by atoms with Gasteiger partial charge in [0.25, 0.3) is 0 Å². The third-order valence-electron chi connectivity index (χ3n) is 4.66. The van der Waals surface area contributed by atoms with Gasteiger partial charge in [-0.1, -0.05) is 23.7 Å². The molecule has 104 valence electrons. The first-order valence-electron chi connectivity index (χ1n) is 7.38. The van der Waals surface area contributed by atoms with Gasteiger partial charge in [0, 0.05) is 17.6 Å². The van der Waals surface area contributed by atoms with Crippen LogP contribution in [-0.4, -0.2) is 37.6 Å². The van der Waals surface area contributed by atoms with Gasteiger partial charge in [0.05, 0.1) is 0 Å². The summed E-state index contributed by atoms with van der Waals surface area (Å²) in [5.41, 5.74) is 1.45. The van der Waals surface area contributed by atoms with Crippen molar-refractivity contribution in [3.05, 3.63) is 34.9 Å². The highest BCUT2D eigenvalue weighted by Gasteiger charge is 2.30. The lowest BCUT2D eigenvalue weighted by molar-refractivity contribution is 0.274. The minimum absolute atomic E-state index is 0.728. The molecule has 2 nitrogen and oxygen atoms in total. The molecular formula is C16H23ClN2. The monoisotopic (exact) mass is 278 g/mol. The van der Waals surface area contributed by atoms with Crippen LogP contribution in [0.4, 0.5) is 0 Å². The summed E-state index contributed by atoms with van der Waals surface area (Å²) in [6, 6.07) is 9.09. The SMILES string of the molecule is CN1CCC(CNC2CC(c3ccc(Cl)cc3)C2)C1. The van der Waals surface area contributed by atoms with Crippen molar-refractivity contribution < 1.29 is 0 Å². The summed E-state index contributed by atoms with van der Waals surface area (Å²) in [7, 11) is 2.22. The van der Waals surface area contributed by atoms with Crippen molar-refractivity contribution in [3.63, 3.8) is 0 Å². The number of hydrogen-bond donors (Lipinski definition) is 1. The molecule has 1 saturated carbocycles. The van der Waals surface area contributed by atoms with Crippen molar-refractivity contribution >= 4 is 11.6 Å². The second-order valence-corrected chi connectivity index (χ2v) is 6.68. The molecule has 3 heteroatoms. The van der Waals surface area contributed by atoms with E-state index in [1.165, 1.54) is 44.5 Å². The van der Waals surface area contributed by atoms with Crippen molar-refractivity contribution in [3.8, 4) is 0 Å². The number of hydrogen-bond acceptors (Lipinski definition) is 2. The smallest absolute Gasteiger partial charge is 0.0406 e. The zero-order chi connectivity index (χ0) is 13.2. The molecule has 1 aliphatic carbocycles. The minimum atomic E-state index is 0.728. The van der Waals surface area contributed by atoms with Gasteiger partial charge in [-0.15, -0.1) is 0 Å². The van der Waals surface area contributed by atoms with E-state index in [0.29, 0.717) is 0 Å². The van der Waals surface area contributed by atoms with E-state index < -0.39 is 0 Å². The molecule has 0 radical (unpaired) electrons. The molecule has 2 aliphatic rings. The van der Waals surface area contributed by atoms with Crippen LogP contribution in [0, 0.1) is 5.92 Å². The van der Waals surface area contributed by atoms with E-state index in [4.69, 9.17) is 11.6 Å². The maximum atomic E-state index is 5.92. The lowest BCUT2D eigenvalue weighted by Gasteiger charge is -2.37. The summed E-state index contributed by atoms with van der Waals surface area (Å²) >= 11 is 5.92. The molecule has 3 rings (SSSR count). The Morgan fingerprint density at radius 3 is 2.63 bits per heavy atom. The topological polar surface area (TPSA) is 15.3 Å². The van der Waals surface area contributed by atoms with Crippen LogP contribution in [0.15, 0.2) is 24.3 Å². The molecule has 0 amide bonds. The average molecular weight is 279 g/mol. The molecular weight excluding hydrogens is 256 g/mol. The van der Waals surface area contributed by atoms with E-state index in [9.17, 15) is 0 Å². The fraction of sp³-hybridized carbons (Fsp3) is 0.625. The van der Waals surface area contributed by atoms with E-state index in [-0.39, 0.29) is 0 Å². The van der Waals surface area contributed by atoms with Crippen molar-refractivity contribution in [2.45, 2.75) is 31.2 Å². The van der Waals surface area contributed by atoms with Crippen LogP contribution in [0.25, 0.3) is 0 Å². The van der Waals surface area contributed by atoms with Gasteiger partial charge < -0.3 is 10.2 Å². The molecule has 1 heterocycles. The molecule has 0 spiro atoms. The van der Waals surface area contributed by atoms with Crippen LogP contribution in [0.2, 0.25) is 5.02 Å². The van der Waals surface area contributed by atoms with Crippen LogP contribution >= 0.6 is 11.6 Å². The average Bonchev–Trinajstić information content (AvgIpc) is 2.75. The largest absolute Gasteiger partial charge is 0.314 e. The third kappa shape index (κ3) is 3.31. The van der Waals surface area contributed by atoms with Crippen LogP contribution < -0.4 is 5.32 Å². The van der Waals surface area contributed by atoms with Gasteiger partial charge in [-0.2, -0.15) is 0 Å². The fourth-order valence-corrected chi connectivity index (χ4v) is 3.44. The Morgan fingerprint density at radius 1 is 1.26 bits per heavy atom. The molecule has 0 bridgehead atoms. The summed E-state index contributed by atoms with van der Waals surface area (Å²) in [6.45, 7) is 3.73. The fourth-order valence-electron chi connectivity index (χ4n) is 3.32. The van der Waals surface area contributed by atoms with Gasteiger partial charge in [-0.05, 0) is 68.9 Å². The summed E-state index contributed by atoms with van der Waals surface area (Å²) in [4.78, 5) is 2.43. The Labute approximate surface area is 121 Å². The molecule has 1 atom stereocenters. The molecule has 1 saturated heterocycles. The number of rotatable bonds is 4. The zero-order valence-electron chi connectivity index (χ0n) is 11.6. The second-order valence-electron chi connectivity index (χ2n) is 6.24. The second kappa shape index (κ2) is 5.82. The Morgan fingerprint density at radius 2 is 2.00 bits per heavy atom. The maximum Gasteiger partial charge on any atom is 0.0406 e. The van der Waals surface area contributed by atoms with Crippen molar-refractivity contribution in [2.24, 2.45) is 5.92 Å². The van der Waals surface area contributed by atoms with Gasteiger partial charge in [-0.3, -0.25) is 0 Å². The van der Waals surface area contributed by atoms with Crippen molar-refractivity contribution in [2.75, 3.05) is 26.7 Å². The van der Waals surface area contributed by atoms with Gasteiger partial charge in [0.15, 0.2) is 0 Å². The first kappa shape index (κ1) is 13.4. The number of nitrogens with zero attached hydrogens (tertiary/aromatic N) is 1. The molecule has 19 heavy (non-hydrogen) atoms. The summed E-state index contributed by atoms with van der Waals surface area (Å²) < 4.78 is 0. The third-order valence-corrected chi connectivity index (χ3v) is 4.92. The zero-order valence-corrected chi connectivity index (χ0v) is 12.4. The molecule has 2 fully saturated rings. The molecule has 0 aromatic heterocycles. The van der Waals surface area contributed by atoms with E-state index in [2.05, 4.69) is 29.4 Å². The Bertz CT molecular complexity index is 411. The normalized spacial score (nSPS) is 31.4. The summed E-state index contributed by atoms with van der Waals surface area (Å²) in [6.07, 6.45) is 3.92. The Balaban J connectivity index is 1.39. The number of nitrogens with one attached hydrogen (secondary N) is 1. The van der Waals surface area contributed by atoms with E-state index in [1.54, 1.807) is 0 Å². The Kier molecular flexibility index (Phi) is 4.11. The van der Waals surface area contributed by atoms with Crippen LogP contribution in [0.5, 0.6) is 0 Å². The van der Waals surface area contributed by atoms with E-state index in [1.807, 2.05) is 12.1 Å². The van der Waals surface area contributed by atoms with Gasteiger partial charge in [0.2, 0.25) is 0 Å². The number of likely N-dealkylation sites (tertiary alicyclic amines) is 1. The van der Waals surface area contributed by atoms with Crippen LogP contribution in [-0.2, 0) is 0 Å². The highest BCUT2D eigenvalue weighted by Crippen LogP contribution is 2.37. The Hall–Kier alpha value is -0.570. The maximum absolute atomic E-state index is 5.92. The van der Waals surface area contributed by atoms with Crippen molar-refractivity contribution in [1.29, 1.82) is 0 Å². The highest BCUT2D eigenvalue weighted by atomic mass is 35.5. The summed E-state index contributed by atoms with van der Waals surface area (Å²) in [5.74, 6) is 1.60. The van der Waals surface area contributed by atoms with Gasteiger partial charge in [0.1, 0.15) is 0 Å². The lowest BCUT2D eigenvalue weighted by Crippen LogP contribution is -2.42. The molecule has 1 unspecified atom stereocenters. The lowest BCUT2D eigenvalue weighted by atomic mass is 9.76. The predicted octanol–water partition coefficient (Wildman–Crippen LogP) is 3.13. The van der Waals surface area contributed by atoms with Crippen LogP contribution in [0.1, 0.15) is 30.7 Å². The first-order valence-corrected chi connectivity index (χ1v) is 7.76. The van der Waals surface area contributed by atoms with E-state index in [0.717, 1.165) is 22.9 Å². The first-order chi connectivity index (χ1) is 9.20. The quantitative estimate of drug-likeness (QED) is 0.910. The summed E-state index contributed by atoms with van der Waals surface area (Å²) in [5, 5.41) is 4.58. The minimum Gasteiger partial charge on any atom is -0.314 e. The van der Waals surface area contributed by atoms with Gasteiger partial charge >= 0.3 is 0 Å². The number of halogens is 1. The molecule has 1 aromatic carbocycles. The molecule has 1 aromatic rings. The van der Waals surface area contributed by atoms with Crippen LogP contribution in [0.3, 0.4) is 0 Å².